The monoisotopic (exact) mass is 387 g/mol. The van der Waals surface area contributed by atoms with Gasteiger partial charge in [-0.3, -0.25) is 19.8 Å². The van der Waals surface area contributed by atoms with Crippen LogP contribution in [0.15, 0.2) is 54.2 Å². The maximum Gasteiger partial charge on any atom is 0.277 e. The fourth-order valence-corrected chi connectivity index (χ4v) is 3.22. The number of rotatable bonds is 4. The number of amides is 1. The maximum absolute atomic E-state index is 12.8. The topological polar surface area (TPSA) is 75.5 Å². The highest BCUT2D eigenvalue weighted by molar-refractivity contribution is 7.80. The van der Waals surface area contributed by atoms with E-state index in [9.17, 15) is 14.9 Å². The first-order valence-electron chi connectivity index (χ1n) is 7.73. The predicted molar refractivity (Wildman–Crippen MR) is 104 cm³/mol. The van der Waals surface area contributed by atoms with Crippen molar-refractivity contribution in [2.75, 3.05) is 0 Å². The molecule has 1 N–H and O–H groups in total. The summed E-state index contributed by atoms with van der Waals surface area (Å²) < 4.78 is 0. The van der Waals surface area contributed by atoms with Gasteiger partial charge in [-0.25, -0.2) is 0 Å². The van der Waals surface area contributed by atoms with Crippen LogP contribution in [0.3, 0.4) is 0 Å². The van der Waals surface area contributed by atoms with Crippen molar-refractivity contribution in [1.82, 2.24) is 10.2 Å². The van der Waals surface area contributed by atoms with Crippen molar-refractivity contribution in [3.8, 4) is 0 Å². The van der Waals surface area contributed by atoms with Crippen molar-refractivity contribution in [3.63, 3.8) is 0 Å². The molecule has 132 valence electrons. The lowest BCUT2D eigenvalue weighted by atomic mass is 10.1. The Balaban J connectivity index is 1.93. The van der Waals surface area contributed by atoms with Crippen LogP contribution in [0.5, 0.6) is 0 Å². The second-order valence-corrected chi connectivity index (χ2v) is 6.51. The highest BCUT2D eigenvalue weighted by Gasteiger charge is 2.34. The fraction of sp³-hybridized carbons (Fsp3) is 0.111. The van der Waals surface area contributed by atoms with Crippen LogP contribution in [-0.4, -0.2) is 20.8 Å². The van der Waals surface area contributed by atoms with Gasteiger partial charge >= 0.3 is 0 Å². The first kappa shape index (κ1) is 18.0. The van der Waals surface area contributed by atoms with Crippen molar-refractivity contribution in [3.05, 3.63) is 80.5 Å². The molecule has 3 rings (SSSR count). The van der Waals surface area contributed by atoms with E-state index in [1.165, 1.54) is 29.2 Å². The Labute approximate surface area is 160 Å². The van der Waals surface area contributed by atoms with E-state index in [2.05, 4.69) is 5.32 Å². The van der Waals surface area contributed by atoms with Crippen LogP contribution in [-0.2, 0) is 4.79 Å². The smallest absolute Gasteiger partial charge is 0.277 e. The van der Waals surface area contributed by atoms with Gasteiger partial charge in [0.2, 0.25) is 0 Å². The minimum Gasteiger partial charge on any atom is -0.328 e. The van der Waals surface area contributed by atoms with Crippen LogP contribution < -0.4 is 5.32 Å². The standard InChI is InChI=1S/C18H14ClN3O3S/c1-11(12-5-3-2-4-6-12)21-17(23)16(20-18(21)26)10-13-9-14(22(24)25)7-8-15(13)19/h2-11H,1H3,(H,20,26)/b16-10-. The molecule has 1 unspecified atom stereocenters. The van der Waals surface area contributed by atoms with Crippen LogP contribution in [0.2, 0.25) is 5.02 Å². The van der Waals surface area contributed by atoms with Gasteiger partial charge in [-0.15, -0.1) is 0 Å². The lowest BCUT2D eigenvalue weighted by molar-refractivity contribution is -0.384. The summed E-state index contributed by atoms with van der Waals surface area (Å²) in [5, 5.41) is 14.4. The number of nitro benzene ring substituents is 1. The minimum atomic E-state index is -0.517. The summed E-state index contributed by atoms with van der Waals surface area (Å²) >= 11 is 11.4. The summed E-state index contributed by atoms with van der Waals surface area (Å²) in [5.41, 5.74) is 1.43. The van der Waals surface area contributed by atoms with Crippen molar-refractivity contribution in [2.45, 2.75) is 13.0 Å². The van der Waals surface area contributed by atoms with Gasteiger partial charge in [0.15, 0.2) is 5.11 Å². The summed E-state index contributed by atoms with van der Waals surface area (Å²) in [6.07, 6.45) is 1.47. The van der Waals surface area contributed by atoms with E-state index in [0.717, 1.165) is 5.56 Å². The van der Waals surface area contributed by atoms with E-state index >= 15 is 0 Å². The number of hydrogen-bond donors (Lipinski definition) is 1. The molecule has 6 nitrogen and oxygen atoms in total. The molecule has 1 saturated heterocycles. The van der Waals surface area contributed by atoms with E-state index in [1.54, 1.807) is 0 Å². The third-order valence-electron chi connectivity index (χ3n) is 4.07. The molecule has 26 heavy (non-hydrogen) atoms. The summed E-state index contributed by atoms with van der Waals surface area (Å²) in [6.45, 7) is 1.88. The van der Waals surface area contributed by atoms with Gasteiger partial charge in [-0.1, -0.05) is 41.9 Å². The number of carbonyl (C=O) groups is 1. The zero-order valence-corrected chi connectivity index (χ0v) is 15.3. The zero-order valence-electron chi connectivity index (χ0n) is 13.7. The van der Waals surface area contributed by atoms with Gasteiger partial charge in [0.05, 0.1) is 11.0 Å². The Kier molecular flexibility index (Phi) is 5.01. The molecular formula is C18H14ClN3O3S. The van der Waals surface area contributed by atoms with E-state index in [0.29, 0.717) is 10.6 Å². The molecule has 1 amide bonds. The van der Waals surface area contributed by atoms with E-state index in [4.69, 9.17) is 23.8 Å². The van der Waals surface area contributed by atoms with Crippen LogP contribution in [0.4, 0.5) is 5.69 Å². The number of benzene rings is 2. The number of halogens is 1. The number of non-ortho nitro benzene ring substituents is 1. The highest BCUT2D eigenvalue weighted by atomic mass is 35.5. The first-order chi connectivity index (χ1) is 12.4. The SMILES string of the molecule is CC(c1ccccc1)N1C(=O)/C(=C/c2cc([N+](=O)[O-])ccc2Cl)NC1=S. The number of thiocarbonyl (C=S) groups is 1. The number of carbonyl (C=O) groups excluding carboxylic acids is 1. The Morgan fingerprint density at radius 1 is 1.27 bits per heavy atom. The van der Waals surface area contributed by atoms with Gasteiger partial charge in [0.25, 0.3) is 11.6 Å². The molecular weight excluding hydrogens is 374 g/mol. The van der Waals surface area contributed by atoms with Crippen molar-refractivity contribution < 1.29 is 9.72 Å². The number of nitrogens with one attached hydrogen (secondary N) is 1. The summed E-state index contributed by atoms with van der Waals surface area (Å²) in [4.78, 5) is 24.7. The van der Waals surface area contributed by atoms with Crippen LogP contribution in [0.1, 0.15) is 24.1 Å². The Bertz CT molecular complexity index is 931. The largest absolute Gasteiger partial charge is 0.328 e. The van der Waals surface area contributed by atoms with Gasteiger partial charge < -0.3 is 5.32 Å². The van der Waals surface area contributed by atoms with E-state index in [-0.39, 0.29) is 28.4 Å². The molecule has 1 heterocycles. The average molecular weight is 388 g/mol. The molecule has 1 atom stereocenters. The molecule has 8 heteroatoms. The second kappa shape index (κ2) is 7.23. The average Bonchev–Trinajstić information content (AvgIpc) is 2.90. The fourth-order valence-electron chi connectivity index (χ4n) is 2.69. The molecule has 0 aromatic heterocycles. The lowest BCUT2D eigenvalue weighted by Gasteiger charge is -2.23. The summed E-state index contributed by atoms with van der Waals surface area (Å²) in [5.74, 6) is -0.311. The maximum atomic E-state index is 12.8. The van der Waals surface area contributed by atoms with Crippen LogP contribution in [0, 0.1) is 10.1 Å². The normalized spacial score (nSPS) is 16.7. The Morgan fingerprint density at radius 2 is 1.96 bits per heavy atom. The Morgan fingerprint density at radius 3 is 2.62 bits per heavy atom. The Hall–Kier alpha value is -2.77. The van der Waals surface area contributed by atoms with Gasteiger partial charge in [0, 0.05) is 22.7 Å². The summed E-state index contributed by atoms with van der Waals surface area (Å²) in [6, 6.07) is 13.3. The van der Waals surface area contributed by atoms with Crippen molar-refractivity contribution >= 4 is 46.6 Å². The molecule has 1 fully saturated rings. The lowest BCUT2D eigenvalue weighted by Crippen LogP contribution is -2.33. The minimum absolute atomic E-state index is 0.108. The first-order valence-corrected chi connectivity index (χ1v) is 8.52. The zero-order chi connectivity index (χ0) is 18.8. The molecule has 1 aliphatic rings. The number of nitro groups is 1. The van der Waals surface area contributed by atoms with Crippen molar-refractivity contribution in [2.24, 2.45) is 0 Å². The van der Waals surface area contributed by atoms with E-state index < -0.39 is 4.92 Å². The van der Waals surface area contributed by atoms with Gasteiger partial charge in [-0.2, -0.15) is 0 Å². The third kappa shape index (κ3) is 3.44. The quantitative estimate of drug-likeness (QED) is 0.370. The van der Waals surface area contributed by atoms with Crippen LogP contribution >= 0.6 is 23.8 Å². The van der Waals surface area contributed by atoms with Crippen molar-refractivity contribution in [1.29, 1.82) is 0 Å². The molecule has 0 saturated carbocycles. The molecule has 2 aromatic rings. The second-order valence-electron chi connectivity index (χ2n) is 5.71. The highest BCUT2D eigenvalue weighted by Crippen LogP contribution is 2.28. The molecule has 0 bridgehead atoms. The van der Waals surface area contributed by atoms with E-state index in [1.807, 2.05) is 37.3 Å². The van der Waals surface area contributed by atoms with Crippen LogP contribution in [0.25, 0.3) is 6.08 Å². The molecule has 0 spiro atoms. The summed E-state index contributed by atoms with van der Waals surface area (Å²) in [7, 11) is 0. The molecule has 2 aromatic carbocycles. The third-order valence-corrected chi connectivity index (χ3v) is 4.71. The number of hydrogen-bond acceptors (Lipinski definition) is 4. The molecule has 0 radical (unpaired) electrons. The van der Waals surface area contributed by atoms with Gasteiger partial charge in [0.1, 0.15) is 5.70 Å². The number of nitrogens with zero attached hydrogens (tertiary/aromatic N) is 2. The molecule has 1 aliphatic heterocycles. The van der Waals surface area contributed by atoms with Gasteiger partial charge in [-0.05, 0) is 36.8 Å². The predicted octanol–water partition coefficient (Wildman–Crippen LogP) is 4.07. The molecule has 0 aliphatic carbocycles.